The number of imidazole rings is 2. The molecule has 27 heteroatoms. The highest BCUT2D eigenvalue weighted by molar-refractivity contribution is 6.01. The second-order valence-electron chi connectivity index (χ2n) is 15.8. The highest BCUT2D eigenvalue weighted by atomic mass is 19.4. The van der Waals surface area contributed by atoms with Crippen LogP contribution in [-0.2, 0) is 27.4 Å². The maximum atomic E-state index is 12.6. The number of nitrogens with one attached hydrogen (secondary N) is 2. The molecular formula is C49H47F7N10O10. The van der Waals surface area contributed by atoms with E-state index in [1.165, 1.54) is 62.1 Å². The number of alkyl halides is 7. The standard InChI is InChI=1S/C25H23F4N5O5.C23H20F3N5O5.CH4/c1-37-19-7-16(8-20(38-2)23(19)24(36)31-14-25(27,28)29)18-11-30-21-9-15(3-5-34(18)21)17-10-32-33(12-17)13-22(35)39-6-4-26;1-35-17-5-14(6-18(36-2)21(17)22(34)28-12-23(24,25)26)16-9-27-19-7-13(3-4-31(16)19)15-8-29-30(10-15)11-20(32)33;/h3,5,7-12H,4,6,13-14H2,1-2H3,(H,31,36);3-10H,11-12H2,1-2H3,(H,28,34)(H,32,33);1H4. The van der Waals surface area contributed by atoms with Gasteiger partial charge in [-0.1, -0.05) is 7.43 Å². The molecule has 3 N–H and O–H groups in total. The molecule has 6 heterocycles. The Bertz CT molecular complexity index is 3330. The molecule has 20 nitrogen and oxygen atoms in total. The highest BCUT2D eigenvalue weighted by Crippen LogP contribution is 2.38. The van der Waals surface area contributed by atoms with E-state index in [4.69, 9.17) is 28.8 Å². The summed E-state index contributed by atoms with van der Waals surface area (Å²) in [6.07, 6.45) is 3.91. The Hall–Kier alpha value is -9.17. The second kappa shape index (κ2) is 23.8. The Balaban J connectivity index is 0.000000244. The quantitative estimate of drug-likeness (QED) is 0.0556. The van der Waals surface area contributed by atoms with Gasteiger partial charge in [-0.3, -0.25) is 37.3 Å². The average Bonchev–Trinajstić information content (AvgIpc) is 4.22. The van der Waals surface area contributed by atoms with Gasteiger partial charge in [-0.2, -0.15) is 36.5 Å². The molecule has 402 valence electrons. The van der Waals surface area contributed by atoms with Crippen molar-refractivity contribution in [2.75, 3.05) is 54.8 Å². The van der Waals surface area contributed by atoms with E-state index >= 15 is 0 Å². The van der Waals surface area contributed by atoms with Crippen LogP contribution in [0.25, 0.3) is 56.1 Å². The summed E-state index contributed by atoms with van der Waals surface area (Å²) >= 11 is 0. The maximum Gasteiger partial charge on any atom is 0.405 e. The lowest BCUT2D eigenvalue weighted by Crippen LogP contribution is -2.34. The van der Waals surface area contributed by atoms with E-state index in [-0.39, 0.29) is 61.2 Å². The number of aromatic nitrogens is 8. The molecule has 0 fully saturated rings. The molecule has 8 rings (SSSR count). The molecule has 2 amide bonds. The van der Waals surface area contributed by atoms with Crippen LogP contribution in [0.4, 0.5) is 30.7 Å². The van der Waals surface area contributed by atoms with Gasteiger partial charge in [0.1, 0.15) is 84.9 Å². The highest BCUT2D eigenvalue weighted by Gasteiger charge is 2.31. The number of methoxy groups -OCH3 is 4. The number of carbonyl (C=O) groups excluding carboxylic acids is 3. The maximum absolute atomic E-state index is 12.6. The van der Waals surface area contributed by atoms with Gasteiger partial charge in [0.25, 0.3) is 11.8 Å². The zero-order valence-electron chi connectivity index (χ0n) is 39.8. The molecular weight excluding hydrogens is 1020 g/mol. The minimum absolute atomic E-state index is 0. The van der Waals surface area contributed by atoms with Crippen LogP contribution in [0.5, 0.6) is 23.0 Å². The fourth-order valence-corrected chi connectivity index (χ4v) is 7.52. The van der Waals surface area contributed by atoms with Crippen LogP contribution in [0.3, 0.4) is 0 Å². The van der Waals surface area contributed by atoms with E-state index in [1.807, 2.05) is 10.6 Å². The van der Waals surface area contributed by atoms with Crippen molar-refractivity contribution in [3.8, 4) is 67.8 Å². The molecule has 8 aromatic rings. The Morgan fingerprint density at radius 2 is 0.974 bits per heavy atom. The first kappa shape index (κ1) is 56.1. The first-order chi connectivity index (χ1) is 35.7. The number of nitrogens with zero attached hydrogens (tertiary/aromatic N) is 8. The van der Waals surface area contributed by atoms with E-state index in [1.54, 1.807) is 82.6 Å². The molecule has 0 unspecified atom stereocenters. The number of fused-ring (bicyclic) bond motifs is 2. The van der Waals surface area contributed by atoms with Crippen molar-refractivity contribution in [3.63, 3.8) is 0 Å². The van der Waals surface area contributed by atoms with E-state index in [0.29, 0.717) is 44.9 Å². The average molecular weight is 1070 g/mol. The minimum atomic E-state index is -4.58. The number of hydrogen-bond acceptors (Lipinski definition) is 13. The topological polar surface area (TPSA) is 229 Å². The number of pyridine rings is 2. The summed E-state index contributed by atoms with van der Waals surface area (Å²) < 4.78 is 120. The molecule has 2 aromatic carbocycles. The molecule has 0 aliphatic rings. The zero-order chi connectivity index (χ0) is 54.2. The summed E-state index contributed by atoms with van der Waals surface area (Å²) in [5, 5.41) is 20.7. The number of amides is 2. The summed E-state index contributed by atoms with van der Waals surface area (Å²) in [5.74, 6) is -3.49. The van der Waals surface area contributed by atoms with Crippen molar-refractivity contribution in [2.45, 2.75) is 32.9 Å². The summed E-state index contributed by atoms with van der Waals surface area (Å²) in [6.45, 7) is -4.49. The Morgan fingerprint density at radius 3 is 1.33 bits per heavy atom. The number of halogens is 7. The third-order valence-electron chi connectivity index (χ3n) is 10.8. The minimum Gasteiger partial charge on any atom is -0.496 e. The Kier molecular flexibility index (Phi) is 17.6. The van der Waals surface area contributed by atoms with Crippen molar-refractivity contribution in [1.29, 1.82) is 0 Å². The van der Waals surface area contributed by atoms with E-state index in [2.05, 4.69) is 20.2 Å². The van der Waals surface area contributed by atoms with Crippen LogP contribution in [0.1, 0.15) is 28.1 Å². The fraction of sp³-hybridized carbons (Fsp3) is 0.265. The Labute approximate surface area is 426 Å². The van der Waals surface area contributed by atoms with Crippen molar-refractivity contribution in [2.24, 2.45) is 0 Å². The Morgan fingerprint density at radius 1 is 0.579 bits per heavy atom. The molecule has 0 saturated heterocycles. The van der Waals surface area contributed by atoms with Crippen molar-refractivity contribution < 1.29 is 78.7 Å². The number of carbonyl (C=O) groups is 4. The lowest BCUT2D eigenvalue weighted by molar-refractivity contribution is -0.145. The smallest absolute Gasteiger partial charge is 0.405 e. The number of carboxylic acid groups (broad SMARTS) is 1. The monoisotopic (exact) mass is 1070 g/mol. The third-order valence-corrected chi connectivity index (χ3v) is 10.8. The van der Waals surface area contributed by atoms with Crippen LogP contribution in [0.15, 0.2) is 98.1 Å². The first-order valence-electron chi connectivity index (χ1n) is 21.9. The predicted octanol–water partition coefficient (Wildman–Crippen LogP) is 7.58. The van der Waals surface area contributed by atoms with Crippen molar-refractivity contribution in [1.82, 2.24) is 49.0 Å². The van der Waals surface area contributed by atoms with Crippen molar-refractivity contribution in [3.05, 3.63) is 109 Å². The number of esters is 1. The number of hydrogen-bond donors (Lipinski definition) is 3. The molecule has 0 spiro atoms. The van der Waals surface area contributed by atoms with Gasteiger partial charge in [0.2, 0.25) is 0 Å². The van der Waals surface area contributed by atoms with Gasteiger partial charge in [-0.05, 0) is 59.7 Å². The van der Waals surface area contributed by atoms with Gasteiger partial charge in [-0.15, -0.1) is 0 Å². The number of benzene rings is 2. The first-order valence-corrected chi connectivity index (χ1v) is 21.9. The molecule has 0 radical (unpaired) electrons. The molecule has 76 heavy (non-hydrogen) atoms. The largest absolute Gasteiger partial charge is 0.496 e. The van der Waals surface area contributed by atoms with Gasteiger partial charge in [-0.25, -0.2) is 14.4 Å². The summed E-state index contributed by atoms with van der Waals surface area (Å²) in [4.78, 5) is 56.4. The summed E-state index contributed by atoms with van der Waals surface area (Å²) in [5.41, 5.74) is 6.02. The van der Waals surface area contributed by atoms with Crippen molar-refractivity contribution >= 4 is 35.0 Å². The van der Waals surface area contributed by atoms with E-state index < -0.39 is 55.9 Å². The van der Waals surface area contributed by atoms with Gasteiger partial charge >= 0.3 is 24.3 Å². The van der Waals surface area contributed by atoms with Crippen LogP contribution in [-0.4, -0.2) is 134 Å². The normalized spacial score (nSPS) is 11.3. The lowest BCUT2D eigenvalue weighted by Gasteiger charge is -2.16. The number of rotatable bonds is 18. The van der Waals surface area contributed by atoms with Gasteiger partial charge in [0, 0.05) is 47.0 Å². The third kappa shape index (κ3) is 13.3. The SMILES string of the molecule is C.COc1cc(-c2cnc3cc(-c4cnn(CC(=O)O)c4)ccn23)cc(OC)c1C(=O)NCC(F)(F)F.COc1cc(-c2cnc3cc(-c4cnn(CC(=O)OCCF)c4)ccn23)cc(OC)c1C(=O)NCC(F)(F)F. The van der Waals surface area contributed by atoms with E-state index in [0.717, 1.165) is 11.1 Å². The summed E-state index contributed by atoms with van der Waals surface area (Å²) in [7, 11) is 5.18. The number of ether oxygens (including phenoxy) is 5. The fourth-order valence-electron chi connectivity index (χ4n) is 7.52. The van der Waals surface area contributed by atoms with Gasteiger partial charge in [0.05, 0.1) is 64.6 Å². The molecule has 0 atom stereocenters. The predicted molar refractivity (Wildman–Crippen MR) is 258 cm³/mol. The molecule has 0 aliphatic carbocycles. The van der Waals surface area contributed by atoms with Gasteiger partial charge < -0.3 is 39.4 Å². The van der Waals surface area contributed by atoms with Crippen LogP contribution >= 0.6 is 0 Å². The van der Waals surface area contributed by atoms with Crippen LogP contribution in [0, 0.1) is 0 Å². The molecule has 0 aliphatic heterocycles. The molecule has 6 aromatic heterocycles. The van der Waals surface area contributed by atoms with Crippen LogP contribution in [0.2, 0.25) is 0 Å². The van der Waals surface area contributed by atoms with E-state index in [9.17, 15) is 49.9 Å². The molecule has 0 bridgehead atoms. The second-order valence-corrected chi connectivity index (χ2v) is 15.8. The lowest BCUT2D eigenvalue weighted by atomic mass is 10.1. The van der Waals surface area contributed by atoms with Crippen LogP contribution < -0.4 is 29.6 Å². The summed E-state index contributed by atoms with van der Waals surface area (Å²) in [6, 6.07) is 13.2. The number of carboxylic acids is 1. The zero-order valence-corrected chi connectivity index (χ0v) is 39.8. The number of aliphatic carboxylic acids is 1. The van der Waals surface area contributed by atoms with Gasteiger partial charge in [0.15, 0.2) is 0 Å². The molecule has 0 saturated carbocycles.